The number of hydrogen-bond acceptors (Lipinski definition) is 2. The van der Waals surface area contributed by atoms with Gasteiger partial charge < -0.3 is 0 Å². The summed E-state index contributed by atoms with van der Waals surface area (Å²) in [5.74, 6) is 0.716. The Balaban J connectivity index is 2.90. The molecule has 0 saturated heterocycles. The quantitative estimate of drug-likeness (QED) is 0.581. The number of rotatable bonds is 2. The van der Waals surface area contributed by atoms with Crippen molar-refractivity contribution in [2.45, 2.75) is 13.3 Å². The summed E-state index contributed by atoms with van der Waals surface area (Å²) >= 11 is 9.16. The van der Waals surface area contributed by atoms with Gasteiger partial charge in [0.2, 0.25) is 0 Å². The van der Waals surface area contributed by atoms with Gasteiger partial charge in [0.1, 0.15) is 11.0 Å². The van der Waals surface area contributed by atoms with Crippen LogP contribution in [0.5, 0.6) is 0 Å². The van der Waals surface area contributed by atoms with Crippen molar-refractivity contribution in [3.05, 3.63) is 22.7 Å². The Bertz CT molecular complexity index is 252. The summed E-state index contributed by atoms with van der Waals surface area (Å²) in [6.07, 6.45) is 2.64. The van der Waals surface area contributed by atoms with Crippen LogP contribution in [0.15, 0.2) is 6.20 Å². The van der Waals surface area contributed by atoms with Crippen molar-refractivity contribution in [3.63, 3.8) is 0 Å². The number of aromatic nitrogens is 2. The van der Waals surface area contributed by atoms with Crippen LogP contribution in [0.3, 0.4) is 0 Å². The normalized spacial score (nSPS) is 10.1. The van der Waals surface area contributed by atoms with E-state index in [1.54, 1.807) is 6.20 Å². The van der Waals surface area contributed by atoms with Crippen LogP contribution in [-0.2, 0) is 6.42 Å². The van der Waals surface area contributed by atoms with Crippen molar-refractivity contribution in [1.29, 1.82) is 0 Å². The van der Waals surface area contributed by atoms with Gasteiger partial charge >= 0.3 is 0 Å². The molecular weight excluding hydrogens is 227 g/mol. The van der Waals surface area contributed by atoms with Gasteiger partial charge in [-0.2, -0.15) is 0 Å². The number of nitrogens with zero attached hydrogens (tertiary/aromatic N) is 2. The molecule has 0 aliphatic carbocycles. The molecular formula is C7H8BrClN2. The Morgan fingerprint density at radius 3 is 2.91 bits per heavy atom. The van der Waals surface area contributed by atoms with E-state index in [9.17, 15) is 0 Å². The summed E-state index contributed by atoms with van der Waals surface area (Å²) in [6.45, 7) is 1.82. The summed E-state index contributed by atoms with van der Waals surface area (Å²) in [4.78, 5) is 8.07. The first kappa shape index (κ1) is 8.94. The molecule has 1 rings (SSSR count). The lowest BCUT2D eigenvalue weighted by molar-refractivity contribution is 0.996. The molecule has 0 N–H and O–H groups in total. The Kier molecular flexibility index (Phi) is 3.27. The van der Waals surface area contributed by atoms with Crippen LogP contribution in [0, 0.1) is 6.92 Å². The smallest absolute Gasteiger partial charge is 0.135 e. The third-order valence-corrected chi connectivity index (χ3v) is 2.02. The lowest BCUT2D eigenvalue weighted by atomic mass is 10.3. The molecule has 1 aromatic rings. The Hall–Kier alpha value is -0.150. The van der Waals surface area contributed by atoms with E-state index in [2.05, 4.69) is 25.9 Å². The predicted molar refractivity (Wildman–Crippen MR) is 49.3 cm³/mol. The first-order valence-corrected chi connectivity index (χ1v) is 4.78. The zero-order chi connectivity index (χ0) is 8.27. The molecule has 0 aromatic carbocycles. The van der Waals surface area contributed by atoms with E-state index in [-0.39, 0.29) is 0 Å². The van der Waals surface area contributed by atoms with Crippen molar-refractivity contribution in [3.8, 4) is 0 Å². The molecule has 0 atom stereocenters. The van der Waals surface area contributed by atoms with Gasteiger partial charge in [-0.15, -0.1) is 0 Å². The van der Waals surface area contributed by atoms with Crippen LogP contribution in [0.25, 0.3) is 0 Å². The van der Waals surface area contributed by atoms with Gasteiger partial charge in [-0.25, -0.2) is 9.97 Å². The molecule has 0 aliphatic rings. The third-order valence-electron chi connectivity index (χ3n) is 1.30. The summed E-state index contributed by atoms with van der Waals surface area (Å²) in [6, 6.07) is 0. The Morgan fingerprint density at radius 2 is 2.36 bits per heavy atom. The minimum atomic E-state index is 0.567. The summed E-state index contributed by atoms with van der Waals surface area (Å²) in [5.41, 5.74) is 0.995. The Labute approximate surface area is 79.1 Å². The molecule has 0 unspecified atom stereocenters. The summed E-state index contributed by atoms with van der Waals surface area (Å²) in [7, 11) is 0. The van der Waals surface area contributed by atoms with E-state index < -0.39 is 0 Å². The number of alkyl halides is 1. The highest BCUT2D eigenvalue weighted by molar-refractivity contribution is 9.09. The molecule has 0 bridgehead atoms. The van der Waals surface area contributed by atoms with Gasteiger partial charge in [0, 0.05) is 17.1 Å². The first-order valence-electron chi connectivity index (χ1n) is 3.28. The molecule has 2 nitrogen and oxygen atoms in total. The molecule has 0 saturated carbocycles. The van der Waals surface area contributed by atoms with Crippen molar-refractivity contribution < 1.29 is 0 Å². The molecule has 0 radical (unpaired) electrons. The van der Waals surface area contributed by atoms with Crippen molar-refractivity contribution >= 4 is 27.5 Å². The number of hydrogen-bond donors (Lipinski definition) is 0. The topological polar surface area (TPSA) is 25.8 Å². The van der Waals surface area contributed by atoms with Crippen molar-refractivity contribution in [2.75, 3.05) is 5.33 Å². The summed E-state index contributed by atoms with van der Waals surface area (Å²) < 4.78 is 0. The van der Waals surface area contributed by atoms with Crippen molar-refractivity contribution in [2.24, 2.45) is 0 Å². The SMILES string of the molecule is Cc1ncc(CCBr)c(Cl)n1. The minimum Gasteiger partial charge on any atom is -0.241 e. The highest BCUT2D eigenvalue weighted by Crippen LogP contribution is 2.12. The van der Waals surface area contributed by atoms with E-state index in [1.165, 1.54) is 0 Å². The average Bonchev–Trinajstić information content (AvgIpc) is 1.95. The molecule has 60 valence electrons. The standard InChI is InChI=1S/C7H8BrClN2/c1-5-10-4-6(2-3-8)7(9)11-5/h4H,2-3H2,1H3. The monoisotopic (exact) mass is 234 g/mol. The molecule has 1 aromatic heterocycles. The van der Waals surface area contributed by atoms with Gasteiger partial charge in [0.05, 0.1) is 0 Å². The zero-order valence-corrected chi connectivity index (χ0v) is 8.48. The van der Waals surface area contributed by atoms with Crippen LogP contribution < -0.4 is 0 Å². The molecule has 0 fully saturated rings. The molecule has 0 amide bonds. The van der Waals surface area contributed by atoms with E-state index in [0.29, 0.717) is 11.0 Å². The van der Waals surface area contributed by atoms with Crippen molar-refractivity contribution in [1.82, 2.24) is 9.97 Å². The molecule has 0 spiro atoms. The first-order chi connectivity index (χ1) is 5.24. The Morgan fingerprint density at radius 1 is 1.64 bits per heavy atom. The fraction of sp³-hybridized carbons (Fsp3) is 0.429. The molecule has 11 heavy (non-hydrogen) atoms. The third kappa shape index (κ3) is 2.42. The second-order valence-electron chi connectivity index (χ2n) is 2.17. The van der Waals surface area contributed by atoms with Crippen LogP contribution in [0.4, 0.5) is 0 Å². The second kappa shape index (κ2) is 4.02. The van der Waals surface area contributed by atoms with Crippen LogP contribution in [0.1, 0.15) is 11.4 Å². The van der Waals surface area contributed by atoms with E-state index in [1.807, 2.05) is 6.92 Å². The van der Waals surface area contributed by atoms with E-state index >= 15 is 0 Å². The lowest BCUT2D eigenvalue weighted by Gasteiger charge is -1.99. The van der Waals surface area contributed by atoms with E-state index in [4.69, 9.17) is 11.6 Å². The number of aryl methyl sites for hydroxylation is 2. The maximum atomic E-state index is 5.84. The fourth-order valence-corrected chi connectivity index (χ4v) is 1.43. The van der Waals surface area contributed by atoms with Gasteiger partial charge in [0.25, 0.3) is 0 Å². The molecule has 4 heteroatoms. The highest BCUT2D eigenvalue weighted by atomic mass is 79.9. The van der Waals surface area contributed by atoms with Gasteiger partial charge in [-0.05, 0) is 13.3 Å². The van der Waals surface area contributed by atoms with E-state index in [0.717, 1.165) is 17.3 Å². The summed E-state index contributed by atoms with van der Waals surface area (Å²) in [5, 5.41) is 1.45. The minimum absolute atomic E-state index is 0.567. The van der Waals surface area contributed by atoms with Gasteiger partial charge in [-0.3, -0.25) is 0 Å². The molecule has 1 heterocycles. The highest BCUT2D eigenvalue weighted by Gasteiger charge is 2.00. The molecule has 0 aliphatic heterocycles. The van der Waals surface area contributed by atoms with Crippen LogP contribution in [0.2, 0.25) is 5.15 Å². The predicted octanol–water partition coefficient (Wildman–Crippen LogP) is 2.38. The van der Waals surface area contributed by atoms with Crippen LogP contribution in [-0.4, -0.2) is 15.3 Å². The van der Waals surface area contributed by atoms with Gasteiger partial charge in [-0.1, -0.05) is 27.5 Å². The van der Waals surface area contributed by atoms with Crippen LogP contribution >= 0.6 is 27.5 Å². The van der Waals surface area contributed by atoms with Gasteiger partial charge in [0.15, 0.2) is 0 Å². The zero-order valence-electron chi connectivity index (χ0n) is 6.14. The second-order valence-corrected chi connectivity index (χ2v) is 3.32. The fourth-order valence-electron chi connectivity index (χ4n) is 0.737. The average molecular weight is 236 g/mol. The maximum absolute atomic E-state index is 5.84. The maximum Gasteiger partial charge on any atom is 0.135 e. The largest absolute Gasteiger partial charge is 0.241 e. The lowest BCUT2D eigenvalue weighted by Crippen LogP contribution is -1.94. The number of halogens is 2.